The van der Waals surface area contributed by atoms with Gasteiger partial charge < -0.3 is 10.2 Å². The van der Waals surface area contributed by atoms with Gasteiger partial charge in [0.25, 0.3) is 0 Å². The molecule has 5 heterocycles. The summed E-state index contributed by atoms with van der Waals surface area (Å²) in [5.41, 5.74) is 5.80. The summed E-state index contributed by atoms with van der Waals surface area (Å²) in [4.78, 5) is 17.1. The van der Waals surface area contributed by atoms with E-state index in [1.807, 2.05) is 24.8 Å². The van der Waals surface area contributed by atoms with E-state index in [2.05, 4.69) is 49.6 Å². The number of hydrogen-bond donors (Lipinski definition) is 1. The summed E-state index contributed by atoms with van der Waals surface area (Å²) in [6.07, 6.45) is 9.98. The van der Waals surface area contributed by atoms with E-state index in [1.165, 1.54) is 19.3 Å². The second-order valence-electron chi connectivity index (χ2n) is 8.81. The predicted molar refractivity (Wildman–Crippen MR) is 130 cm³/mol. The van der Waals surface area contributed by atoms with E-state index in [4.69, 9.17) is 4.98 Å². The fraction of sp³-hybridized carbons (Fsp3) is 0.435. The van der Waals surface area contributed by atoms with Gasteiger partial charge in [-0.2, -0.15) is 0 Å². The Morgan fingerprint density at radius 1 is 1.00 bits per heavy atom. The van der Waals surface area contributed by atoms with Crippen molar-refractivity contribution in [3.8, 4) is 21.7 Å². The number of rotatable bonds is 4. The topological polar surface area (TPSA) is 79.7 Å². The molecule has 2 atom stereocenters. The first-order valence-corrected chi connectivity index (χ1v) is 12.8. The molecule has 1 N–H and O–H groups in total. The van der Waals surface area contributed by atoms with Gasteiger partial charge in [-0.1, -0.05) is 18.6 Å². The van der Waals surface area contributed by atoms with Crippen LogP contribution in [0.1, 0.15) is 37.1 Å². The third-order valence-corrected chi connectivity index (χ3v) is 8.55. The zero-order valence-electron chi connectivity index (χ0n) is 18.2. The van der Waals surface area contributed by atoms with Gasteiger partial charge in [-0.25, -0.2) is 15.0 Å². The lowest BCUT2D eigenvalue weighted by Crippen LogP contribution is -2.54. The van der Waals surface area contributed by atoms with Crippen molar-refractivity contribution in [3.63, 3.8) is 0 Å². The second-order valence-corrected chi connectivity index (χ2v) is 10.9. The van der Waals surface area contributed by atoms with Gasteiger partial charge in [-0.15, -0.1) is 32.9 Å². The molecule has 9 heteroatoms. The number of aromatic nitrogens is 5. The minimum Gasteiger partial charge on any atom is -0.339 e. The van der Waals surface area contributed by atoms with Crippen molar-refractivity contribution in [2.45, 2.75) is 57.2 Å². The third kappa shape index (κ3) is 3.58. The van der Waals surface area contributed by atoms with Gasteiger partial charge in [0.1, 0.15) is 5.69 Å². The largest absolute Gasteiger partial charge is 0.339 e. The summed E-state index contributed by atoms with van der Waals surface area (Å²) in [5.74, 6) is 0.705. The molecule has 3 aromatic heterocycles. The quantitative estimate of drug-likeness (QED) is 0.470. The van der Waals surface area contributed by atoms with Gasteiger partial charge in [0.2, 0.25) is 5.95 Å². The van der Waals surface area contributed by atoms with Crippen molar-refractivity contribution < 1.29 is 0 Å². The van der Waals surface area contributed by atoms with E-state index in [-0.39, 0.29) is 0 Å². The highest BCUT2D eigenvalue weighted by molar-refractivity contribution is 7.18. The molecule has 0 amide bonds. The number of piperidine rings is 2. The number of nitrogens with one attached hydrogen (secondary N) is 1. The van der Waals surface area contributed by atoms with Crippen molar-refractivity contribution in [1.82, 2.24) is 30.5 Å². The Kier molecular flexibility index (Phi) is 5.12. The summed E-state index contributed by atoms with van der Waals surface area (Å²) >= 11 is 3.32. The van der Waals surface area contributed by atoms with Gasteiger partial charge in [-0.05, 0) is 32.6 Å². The zero-order valence-corrected chi connectivity index (χ0v) is 19.8. The molecule has 6 rings (SSSR count). The van der Waals surface area contributed by atoms with Crippen LogP contribution in [0.25, 0.3) is 31.9 Å². The van der Waals surface area contributed by atoms with Crippen molar-refractivity contribution in [3.05, 3.63) is 35.0 Å². The SMILES string of the molecule is Cc1ncc(-c2ccc(-c3cnc(N(C)C4CC5CCCC(C4)N5)nn3)c3scnc23)s1. The molecular formula is C23H25N7S2. The van der Waals surface area contributed by atoms with Crippen LogP contribution in [0, 0.1) is 6.92 Å². The van der Waals surface area contributed by atoms with Gasteiger partial charge >= 0.3 is 0 Å². The van der Waals surface area contributed by atoms with Gasteiger partial charge in [-0.3, -0.25) is 0 Å². The minimum absolute atomic E-state index is 0.467. The summed E-state index contributed by atoms with van der Waals surface area (Å²) in [6.45, 7) is 2.02. The molecule has 7 nitrogen and oxygen atoms in total. The minimum atomic E-state index is 0.467. The van der Waals surface area contributed by atoms with Crippen LogP contribution < -0.4 is 10.2 Å². The van der Waals surface area contributed by atoms with Crippen LogP contribution in [0.5, 0.6) is 0 Å². The molecule has 4 aromatic rings. The Hall–Kier alpha value is -2.49. The normalized spacial score (nSPS) is 22.9. The fourth-order valence-corrected chi connectivity index (χ4v) is 6.75. The molecule has 2 aliphatic heterocycles. The molecule has 32 heavy (non-hydrogen) atoms. The molecule has 2 saturated heterocycles. The molecule has 2 bridgehead atoms. The second kappa shape index (κ2) is 8.13. The molecule has 2 aliphatic rings. The number of fused-ring (bicyclic) bond motifs is 3. The maximum atomic E-state index is 4.71. The van der Waals surface area contributed by atoms with Crippen LogP contribution in [-0.2, 0) is 0 Å². The smallest absolute Gasteiger partial charge is 0.245 e. The lowest BCUT2D eigenvalue weighted by atomic mass is 9.83. The van der Waals surface area contributed by atoms with E-state index in [0.717, 1.165) is 49.8 Å². The maximum absolute atomic E-state index is 4.71. The van der Waals surface area contributed by atoms with Crippen LogP contribution >= 0.6 is 22.7 Å². The van der Waals surface area contributed by atoms with Crippen LogP contribution in [0.2, 0.25) is 0 Å². The summed E-state index contributed by atoms with van der Waals surface area (Å²) in [6, 6.07) is 5.94. The number of thiazole rings is 2. The van der Waals surface area contributed by atoms with E-state index in [9.17, 15) is 0 Å². The average Bonchev–Trinajstić information content (AvgIpc) is 3.47. The third-order valence-electron chi connectivity index (χ3n) is 6.75. The first kappa shape index (κ1) is 20.1. The Bertz CT molecular complexity index is 1240. The standard InChI is InChI=1S/C23H25N7S2/c1-13-24-11-20(32-13)18-7-6-17(22-21(18)26-12-31-22)19-10-25-23(29-28-19)30(2)16-8-14-4-3-5-15(9-16)27-14/h6-7,10-12,14-16,27H,3-5,8-9H2,1-2H3. The monoisotopic (exact) mass is 463 g/mol. The van der Waals surface area contributed by atoms with Crippen LogP contribution in [0.4, 0.5) is 5.95 Å². The number of anilines is 1. The zero-order chi connectivity index (χ0) is 21.7. The Morgan fingerprint density at radius 3 is 2.53 bits per heavy atom. The molecular weight excluding hydrogens is 438 g/mol. The van der Waals surface area contributed by atoms with Crippen molar-refractivity contribution >= 4 is 38.8 Å². The molecule has 0 aliphatic carbocycles. The number of aryl methyl sites for hydroxylation is 1. The molecule has 2 unspecified atom stereocenters. The lowest BCUT2D eigenvalue weighted by Gasteiger charge is -2.43. The molecule has 0 saturated carbocycles. The van der Waals surface area contributed by atoms with E-state index >= 15 is 0 Å². The Morgan fingerprint density at radius 2 is 1.81 bits per heavy atom. The summed E-state index contributed by atoms with van der Waals surface area (Å²) in [5, 5.41) is 13.9. The highest BCUT2D eigenvalue weighted by Gasteiger charge is 2.33. The molecule has 0 spiro atoms. The van der Waals surface area contributed by atoms with Crippen LogP contribution in [-0.4, -0.2) is 50.3 Å². The van der Waals surface area contributed by atoms with Crippen LogP contribution in [0.15, 0.2) is 30.0 Å². The molecule has 2 fully saturated rings. The first-order valence-electron chi connectivity index (χ1n) is 11.1. The number of benzene rings is 1. The summed E-state index contributed by atoms with van der Waals surface area (Å²) < 4.78 is 1.11. The maximum Gasteiger partial charge on any atom is 0.245 e. The van der Waals surface area contributed by atoms with Gasteiger partial charge in [0.15, 0.2) is 0 Å². The Labute approximate surface area is 195 Å². The highest BCUT2D eigenvalue weighted by atomic mass is 32.1. The van der Waals surface area contributed by atoms with Crippen molar-refractivity contribution in [2.24, 2.45) is 0 Å². The van der Waals surface area contributed by atoms with Crippen molar-refractivity contribution in [1.29, 1.82) is 0 Å². The molecule has 0 radical (unpaired) electrons. The predicted octanol–water partition coefficient (Wildman–Crippen LogP) is 4.69. The van der Waals surface area contributed by atoms with E-state index < -0.39 is 0 Å². The number of nitrogens with zero attached hydrogens (tertiary/aromatic N) is 6. The lowest BCUT2D eigenvalue weighted by molar-refractivity contribution is 0.218. The first-order chi connectivity index (χ1) is 15.7. The van der Waals surface area contributed by atoms with Crippen LogP contribution in [0.3, 0.4) is 0 Å². The average molecular weight is 464 g/mol. The molecule has 164 valence electrons. The summed E-state index contributed by atoms with van der Waals surface area (Å²) in [7, 11) is 2.11. The number of hydrogen-bond acceptors (Lipinski definition) is 9. The van der Waals surface area contributed by atoms with Gasteiger partial charge in [0, 0.05) is 42.5 Å². The van der Waals surface area contributed by atoms with E-state index in [0.29, 0.717) is 24.1 Å². The molecule has 1 aromatic carbocycles. The van der Waals surface area contributed by atoms with Crippen molar-refractivity contribution in [2.75, 3.05) is 11.9 Å². The van der Waals surface area contributed by atoms with E-state index in [1.54, 1.807) is 22.7 Å². The fourth-order valence-electron chi connectivity index (χ4n) is 5.11. The highest BCUT2D eigenvalue weighted by Crippen LogP contribution is 2.38. The van der Waals surface area contributed by atoms with Gasteiger partial charge in [0.05, 0.1) is 31.8 Å². The Balaban J connectivity index is 1.28.